The minimum Gasteiger partial charge on any atom is -0.458 e. The Labute approximate surface area is 117 Å². The highest BCUT2D eigenvalue weighted by molar-refractivity contribution is 6.31. The van der Waals surface area contributed by atoms with Crippen molar-refractivity contribution in [3.05, 3.63) is 35.0 Å². The lowest BCUT2D eigenvalue weighted by Gasteiger charge is -2.34. The molecule has 2 atom stereocenters. The van der Waals surface area contributed by atoms with Crippen molar-refractivity contribution in [2.24, 2.45) is 5.92 Å². The normalized spacial score (nSPS) is 23.4. The highest BCUT2D eigenvalue weighted by Gasteiger charge is 2.37. The van der Waals surface area contributed by atoms with Crippen LogP contribution in [-0.4, -0.2) is 18.2 Å². The maximum atomic E-state index is 10.8. The van der Waals surface area contributed by atoms with E-state index in [-0.39, 0.29) is 5.92 Å². The zero-order valence-corrected chi connectivity index (χ0v) is 11.7. The van der Waals surface area contributed by atoms with Crippen molar-refractivity contribution in [3.63, 3.8) is 0 Å². The first-order chi connectivity index (χ1) is 9.07. The van der Waals surface area contributed by atoms with Crippen LogP contribution in [0.5, 0.6) is 0 Å². The Morgan fingerprint density at radius 2 is 2.26 bits per heavy atom. The maximum Gasteiger partial charge on any atom is 0.136 e. The summed E-state index contributed by atoms with van der Waals surface area (Å²) in [5.41, 5.74) is -0.178. The summed E-state index contributed by atoms with van der Waals surface area (Å²) < 4.78 is 5.80. The van der Waals surface area contributed by atoms with E-state index in [1.165, 1.54) is 0 Å². The van der Waals surface area contributed by atoms with E-state index in [2.05, 4.69) is 5.32 Å². The summed E-state index contributed by atoms with van der Waals surface area (Å²) in [7, 11) is 0. The Morgan fingerprint density at radius 3 is 3.00 bits per heavy atom. The number of nitrogens with one attached hydrogen (secondary N) is 1. The molecular weight excluding hydrogens is 262 g/mol. The Bertz CT molecular complexity index is 585. The summed E-state index contributed by atoms with van der Waals surface area (Å²) in [5.74, 6) is 0.802. The third-order valence-corrected chi connectivity index (χ3v) is 4.30. The van der Waals surface area contributed by atoms with Crippen LogP contribution in [0.25, 0.3) is 11.0 Å². The summed E-state index contributed by atoms with van der Waals surface area (Å²) in [5, 5.41) is 15.8. The molecule has 1 fully saturated rings. The average Bonchev–Trinajstić information content (AvgIpc) is 2.83. The van der Waals surface area contributed by atoms with Gasteiger partial charge in [-0.2, -0.15) is 0 Å². The Kier molecular flexibility index (Phi) is 3.29. The van der Waals surface area contributed by atoms with E-state index in [1.807, 2.05) is 25.1 Å². The fraction of sp³-hybridized carbons (Fsp3) is 0.467. The monoisotopic (exact) mass is 279 g/mol. The fourth-order valence-electron chi connectivity index (χ4n) is 2.80. The molecule has 2 unspecified atom stereocenters. The van der Waals surface area contributed by atoms with E-state index >= 15 is 0 Å². The third-order valence-electron chi connectivity index (χ3n) is 4.07. The molecule has 1 saturated heterocycles. The molecule has 1 aromatic heterocycles. The van der Waals surface area contributed by atoms with Crippen LogP contribution in [-0.2, 0) is 5.60 Å². The zero-order valence-electron chi connectivity index (χ0n) is 10.9. The molecule has 3 nitrogen and oxygen atoms in total. The van der Waals surface area contributed by atoms with Gasteiger partial charge in [-0.15, -0.1) is 0 Å². The standard InChI is InChI=1S/C15H18ClNO2/c1-15(18,11-3-2-6-17-9-11)14-8-10-7-12(16)4-5-13(10)19-14/h4-5,7-8,11,17-18H,2-3,6,9H2,1H3. The van der Waals surface area contributed by atoms with E-state index in [0.717, 1.165) is 36.9 Å². The quantitative estimate of drug-likeness (QED) is 0.887. The molecule has 0 spiro atoms. The Balaban J connectivity index is 1.97. The van der Waals surface area contributed by atoms with Crippen molar-refractivity contribution in [2.75, 3.05) is 13.1 Å². The SMILES string of the molecule is CC(O)(c1cc2cc(Cl)ccc2o1)C1CCCNC1. The molecular formula is C15H18ClNO2. The summed E-state index contributed by atoms with van der Waals surface area (Å²) in [6.45, 7) is 3.69. The molecule has 19 heavy (non-hydrogen) atoms. The molecule has 1 aliphatic rings. The van der Waals surface area contributed by atoms with Crippen molar-refractivity contribution in [3.8, 4) is 0 Å². The smallest absolute Gasteiger partial charge is 0.136 e. The second-order valence-corrected chi connectivity index (χ2v) is 5.92. The molecule has 0 amide bonds. The summed E-state index contributed by atoms with van der Waals surface area (Å²) in [6, 6.07) is 7.40. The van der Waals surface area contributed by atoms with Gasteiger partial charge in [0.25, 0.3) is 0 Å². The molecule has 4 heteroatoms. The lowest BCUT2D eigenvalue weighted by molar-refractivity contribution is -0.0324. The number of aliphatic hydroxyl groups is 1. The van der Waals surface area contributed by atoms with Gasteiger partial charge in [0.2, 0.25) is 0 Å². The van der Waals surface area contributed by atoms with Gasteiger partial charge in [0, 0.05) is 22.9 Å². The number of rotatable bonds is 2. The number of fused-ring (bicyclic) bond motifs is 1. The molecule has 0 radical (unpaired) electrons. The van der Waals surface area contributed by atoms with Gasteiger partial charge in [-0.25, -0.2) is 0 Å². The second-order valence-electron chi connectivity index (χ2n) is 5.48. The minimum atomic E-state index is -0.946. The van der Waals surface area contributed by atoms with Crippen molar-refractivity contribution in [1.29, 1.82) is 0 Å². The summed E-state index contributed by atoms with van der Waals surface area (Å²) >= 11 is 5.98. The van der Waals surface area contributed by atoms with E-state index < -0.39 is 5.60 Å². The van der Waals surface area contributed by atoms with Crippen molar-refractivity contribution < 1.29 is 9.52 Å². The number of furan rings is 1. The Morgan fingerprint density at radius 1 is 1.42 bits per heavy atom. The first-order valence-corrected chi connectivity index (χ1v) is 7.08. The van der Waals surface area contributed by atoms with Crippen LogP contribution in [0.2, 0.25) is 5.02 Å². The summed E-state index contributed by atoms with van der Waals surface area (Å²) in [4.78, 5) is 0. The van der Waals surface area contributed by atoms with Crippen LogP contribution in [0.3, 0.4) is 0 Å². The van der Waals surface area contributed by atoms with Gasteiger partial charge < -0.3 is 14.8 Å². The predicted molar refractivity (Wildman–Crippen MR) is 76.4 cm³/mol. The van der Waals surface area contributed by atoms with E-state index in [4.69, 9.17) is 16.0 Å². The first kappa shape index (κ1) is 13.0. The number of benzene rings is 1. The first-order valence-electron chi connectivity index (χ1n) is 6.70. The van der Waals surface area contributed by atoms with Crippen LogP contribution in [0.4, 0.5) is 0 Å². The largest absolute Gasteiger partial charge is 0.458 e. The third kappa shape index (κ3) is 2.38. The van der Waals surface area contributed by atoms with Crippen LogP contribution >= 0.6 is 11.6 Å². The highest BCUT2D eigenvalue weighted by Crippen LogP contribution is 2.36. The average molecular weight is 280 g/mol. The molecule has 2 aromatic rings. The van der Waals surface area contributed by atoms with Crippen molar-refractivity contribution in [1.82, 2.24) is 5.32 Å². The number of hydrogen-bond donors (Lipinski definition) is 2. The van der Waals surface area contributed by atoms with Crippen LogP contribution in [0.1, 0.15) is 25.5 Å². The van der Waals surface area contributed by atoms with Crippen molar-refractivity contribution in [2.45, 2.75) is 25.4 Å². The van der Waals surface area contributed by atoms with Gasteiger partial charge in [0.1, 0.15) is 16.9 Å². The van der Waals surface area contributed by atoms with Gasteiger partial charge >= 0.3 is 0 Å². The molecule has 0 bridgehead atoms. The van der Waals surface area contributed by atoms with Crippen molar-refractivity contribution >= 4 is 22.6 Å². The van der Waals surface area contributed by atoms with Gasteiger partial charge in [0.05, 0.1) is 0 Å². The fourth-order valence-corrected chi connectivity index (χ4v) is 2.98. The van der Waals surface area contributed by atoms with E-state index in [0.29, 0.717) is 10.8 Å². The molecule has 1 aliphatic heterocycles. The Hall–Kier alpha value is -1.03. The van der Waals surface area contributed by atoms with E-state index in [9.17, 15) is 5.11 Å². The molecule has 0 saturated carbocycles. The molecule has 102 valence electrons. The van der Waals surface area contributed by atoms with Crippen LogP contribution in [0, 0.1) is 5.92 Å². The van der Waals surface area contributed by atoms with Crippen LogP contribution in [0.15, 0.2) is 28.7 Å². The van der Waals surface area contributed by atoms with Gasteiger partial charge in [-0.05, 0) is 50.6 Å². The molecule has 0 aliphatic carbocycles. The molecule has 2 N–H and O–H groups in total. The zero-order chi connectivity index (χ0) is 13.5. The van der Waals surface area contributed by atoms with Crippen LogP contribution < -0.4 is 5.32 Å². The minimum absolute atomic E-state index is 0.178. The molecule has 3 rings (SSSR count). The van der Waals surface area contributed by atoms with Gasteiger partial charge in [-0.1, -0.05) is 11.6 Å². The molecule has 1 aromatic carbocycles. The number of hydrogen-bond acceptors (Lipinski definition) is 3. The lowest BCUT2D eigenvalue weighted by Crippen LogP contribution is -2.42. The highest BCUT2D eigenvalue weighted by atomic mass is 35.5. The lowest BCUT2D eigenvalue weighted by atomic mass is 9.82. The van der Waals surface area contributed by atoms with E-state index in [1.54, 1.807) is 6.07 Å². The topological polar surface area (TPSA) is 45.4 Å². The number of piperidine rings is 1. The second kappa shape index (κ2) is 4.82. The summed E-state index contributed by atoms with van der Waals surface area (Å²) in [6.07, 6.45) is 2.10. The maximum absolute atomic E-state index is 10.8. The number of halogens is 1. The molecule has 2 heterocycles. The van der Waals surface area contributed by atoms with Gasteiger partial charge in [-0.3, -0.25) is 0 Å². The van der Waals surface area contributed by atoms with Gasteiger partial charge in [0.15, 0.2) is 0 Å². The predicted octanol–water partition coefficient (Wildman–Crippen LogP) is 3.29.